The molecule has 0 saturated carbocycles. The molecule has 3 aromatic rings. The minimum atomic E-state index is -0.864. The fraction of sp³-hybridized carbons (Fsp3) is 0.125. The molecule has 0 aliphatic rings. The van der Waals surface area contributed by atoms with Crippen LogP contribution in [0.5, 0.6) is 0 Å². The third kappa shape index (κ3) is 3.06. The summed E-state index contributed by atoms with van der Waals surface area (Å²) in [5.74, 6) is -1.50. The van der Waals surface area contributed by atoms with Crippen LogP contribution < -0.4 is 0 Å². The van der Waals surface area contributed by atoms with Crippen LogP contribution in [0.25, 0.3) is 10.2 Å². The molecule has 21 heavy (non-hydrogen) atoms. The number of aliphatic carboxylic acids is 1. The van der Waals surface area contributed by atoms with Crippen LogP contribution in [-0.4, -0.2) is 16.1 Å². The Morgan fingerprint density at radius 2 is 2.05 bits per heavy atom. The zero-order chi connectivity index (χ0) is 14.8. The molecule has 0 aliphatic carbocycles. The number of carbonyl (C=O) groups is 1. The Morgan fingerprint density at radius 3 is 2.76 bits per heavy atom. The number of nitrogens with zero attached hydrogens (tertiary/aromatic N) is 1. The highest BCUT2D eigenvalue weighted by Gasteiger charge is 2.22. The number of para-hydroxylation sites is 1. The third-order valence-corrected chi connectivity index (χ3v) is 4.56. The van der Waals surface area contributed by atoms with Crippen molar-refractivity contribution in [1.82, 2.24) is 4.98 Å². The highest BCUT2D eigenvalue weighted by atomic mass is 35.5. The maximum Gasteiger partial charge on any atom is 0.311 e. The van der Waals surface area contributed by atoms with Crippen LogP contribution in [0.15, 0.2) is 48.5 Å². The van der Waals surface area contributed by atoms with Gasteiger partial charge in [0.25, 0.3) is 0 Å². The lowest BCUT2D eigenvalue weighted by Crippen LogP contribution is -2.14. The summed E-state index contributed by atoms with van der Waals surface area (Å²) in [5, 5.41) is 10.9. The van der Waals surface area contributed by atoms with Gasteiger partial charge in [0.1, 0.15) is 0 Å². The molecule has 1 aromatic heterocycles. The van der Waals surface area contributed by atoms with E-state index >= 15 is 0 Å². The van der Waals surface area contributed by atoms with Crippen molar-refractivity contribution in [3.8, 4) is 0 Å². The van der Waals surface area contributed by atoms with E-state index in [1.807, 2.05) is 24.3 Å². The Kier molecular flexibility index (Phi) is 3.90. The van der Waals surface area contributed by atoms with Crippen LogP contribution in [0.4, 0.5) is 0 Å². The van der Waals surface area contributed by atoms with Crippen molar-refractivity contribution in [2.45, 2.75) is 12.3 Å². The van der Waals surface area contributed by atoms with Crippen molar-refractivity contribution < 1.29 is 9.90 Å². The molecule has 0 bridgehead atoms. The summed E-state index contributed by atoms with van der Waals surface area (Å²) in [7, 11) is 0. The number of fused-ring (bicyclic) bond motifs is 1. The van der Waals surface area contributed by atoms with Crippen molar-refractivity contribution in [2.75, 3.05) is 0 Å². The van der Waals surface area contributed by atoms with E-state index in [2.05, 4.69) is 4.98 Å². The maximum absolute atomic E-state index is 11.6. The molecule has 5 heteroatoms. The topological polar surface area (TPSA) is 50.2 Å². The average Bonchev–Trinajstić information content (AvgIpc) is 2.87. The summed E-state index contributed by atoms with van der Waals surface area (Å²) in [6.45, 7) is 0. The molecular formula is C16H12ClNO2S. The molecule has 1 heterocycles. The second-order valence-electron chi connectivity index (χ2n) is 4.73. The quantitative estimate of drug-likeness (QED) is 0.777. The zero-order valence-electron chi connectivity index (χ0n) is 11.0. The third-order valence-electron chi connectivity index (χ3n) is 3.27. The molecule has 106 valence electrons. The standard InChI is InChI=1S/C16H12ClNO2S/c17-11-5-3-4-10(8-11)12(16(19)20)9-15-18-13-6-1-2-7-14(13)21-15/h1-8,12H,9H2,(H,19,20). The average molecular weight is 318 g/mol. The smallest absolute Gasteiger partial charge is 0.311 e. The van der Waals surface area contributed by atoms with Crippen molar-refractivity contribution in [2.24, 2.45) is 0 Å². The van der Waals surface area contributed by atoms with Crippen molar-refractivity contribution in [3.63, 3.8) is 0 Å². The van der Waals surface area contributed by atoms with Gasteiger partial charge in [-0.25, -0.2) is 4.98 Å². The molecule has 1 unspecified atom stereocenters. The van der Waals surface area contributed by atoms with Crippen LogP contribution >= 0.6 is 22.9 Å². The highest BCUT2D eigenvalue weighted by Crippen LogP contribution is 2.28. The largest absolute Gasteiger partial charge is 0.481 e. The summed E-state index contributed by atoms with van der Waals surface area (Å²) in [6.07, 6.45) is 0.370. The molecule has 3 nitrogen and oxygen atoms in total. The number of aromatic nitrogens is 1. The van der Waals surface area contributed by atoms with E-state index in [0.717, 1.165) is 15.2 Å². The summed E-state index contributed by atoms with van der Waals surface area (Å²) < 4.78 is 1.07. The zero-order valence-corrected chi connectivity index (χ0v) is 12.6. The van der Waals surface area contributed by atoms with E-state index in [1.54, 1.807) is 24.3 Å². The normalized spacial score (nSPS) is 12.4. The van der Waals surface area contributed by atoms with Crippen LogP contribution in [0.3, 0.4) is 0 Å². The fourth-order valence-electron chi connectivity index (χ4n) is 2.25. The minimum absolute atomic E-state index is 0.370. The number of carboxylic acids is 1. The molecule has 1 N–H and O–H groups in total. The fourth-order valence-corrected chi connectivity index (χ4v) is 3.46. The summed E-state index contributed by atoms with van der Waals surface area (Å²) in [4.78, 5) is 16.1. The molecule has 0 saturated heterocycles. The number of rotatable bonds is 4. The Bertz CT molecular complexity index is 767. The lowest BCUT2D eigenvalue weighted by atomic mass is 9.96. The van der Waals surface area contributed by atoms with Gasteiger partial charge in [0.15, 0.2) is 0 Å². The first kappa shape index (κ1) is 14.0. The highest BCUT2D eigenvalue weighted by molar-refractivity contribution is 7.18. The number of benzene rings is 2. The Morgan fingerprint density at radius 1 is 1.24 bits per heavy atom. The van der Waals surface area contributed by atoms with Gasteiger partial charge in [-0.15, -0.1) is 11.3 Å². The SMILES string of the molecule is O=C(O)C(Cc1nc2ccccc2s1)c1cccc(Cl)c1. The van der Waals surface area contributed by atoms with Gasteiger partial charge in [-0.3, -0.25) is 4.79 Å². The molecule has 0 aliphatic heterocycles. The summed E-state index contributed by atoms with van der Waals surface area (Å²) >= 11 is 7.49. The molecule has 0 fully saturated rings. The van der Waals surface area contributed by atoms with Gasteiger partial charge in [0.2, 0.25) is 0 Å². The monoisotopic (exact) mass is 317 g/mol. The van der Waals surface area contributed by atoms with Crippen LogP contribution in [0.2, 0.25) is 5.02 Å². The molecule has 2 aromatic carbocycles. The van der Waals surface area contributed by atoms with E-state index < -0.39 is 11.9 Å². The van der Waals surface area contributed by atoms with Gasteiger partial charge < -0.3 is 5.11 Å². The molecule has 1 atom stereocenters. The predicted molar refractivity (Wildman–Crippen MR) is 85.2 cm³/mol. The Balaban J connectivity index is 1.93. The lowest BCUT2D eigenvalue weighted by Gasteiger charge is -2.11. The molecule has 0 amide bonds. The molecule has 0 radical (unpaired) electrons. The lowest BCUT2D eigenvalue weighted by molar-refractivity contribution is -0.138. The molecular weight excluding hydrogens is 306 g/mol. The van der Waals surface area contributed by atoms with E-state index in [9.17, 15) is 9.90 Å². The van der Waals surface area contributed by atoms with Crippen LogP contribution in [0.1, 0.15) is 16.5 Å². The summed E-state index contributed by atoms with van der Waals surface area (Å²) in [6, 6.07) is 14.8. The molecule has 3 rings (SSSR count). The number of hydrogen-bond donors (Lipinski definition) is 1. The van der Waals surface area contributed by atoms with Crippen molar-refractivity contribution in [1.29, 1.82) is 0 Å². The summed E-state index contributed by atoms with van der Waals surface area (Å²) in [5.41, 5.74) is 1.61. The Hall–Kier alpha value is -1.91. The van der Waals surface area contributed by atoms with Crippen LogP contribution in [0, 0.1) is 0 Å². The molecule has 0 spiro atoms. The predicted octanol–water partition coefficient (Wildman–Crippen LogP) is 4.36. The first-order valence-corrected chi connectivity index (χ1v) is 7.65. The van der Waals surface area contributed by atoms with E-state index in [4.69, 9.17) is 11.6 Å². The van der Waals surface area contributed by atoms with E-state index in [1.165, 1.54) is 11.3 Å². The van der Waals surface area contributed by atoms with Crippen molar-refractivity contribution >= 4 is 39.1 Å². The van der Waals surface area contributed by atoms with Gasteiger partial charge in [-0.2, -0.15) is 0 Å². The second-order valence-corrected chi connectivity index (χ2v) is 6.28. The second kappa shape index (κ2) is 5.84. The minimum Gasteiger partial charge on any atom is -0.481 e. The number of thiazole rings is 1. The number of hydrogen-bond acceptors (Lipinski definition) is 3. The first-order chi connectivity index (χ1) is 10.1. The van der Waals surface area contributed by atoms with E-state index in [-0.39, 0.29) is 0 Å². The van der Waals surface area contributed by atoms with Gasteiger partial charge >= 0.3 is 5.97 Å². The van der Waals surface area contributed by atoms with Crippen LogP contribution in [-0.2, 0) is 11.2 Å². The number of halogens is 1. The van der Waals surface area contributed by atoms with E-state index in [0.29, 0.717) is 17.0 Å². The van der Waals surface area contributed by atoms with Gasteiger partial charge in [-0.05, 0) is 29.8 Å². The van der Waals surface area contributed by atoms with Gasteiger partial charge in [0, 0.05) is 11.4 Å². The first-order valence-electron chi connectivity index (χ1n) is 6.46. The number of carboxylic acid groups (broad SMARTS) is 1. The Labute approximate surface area is 130 Å². The van der Waals surface area contributed by atoms with Gasteiger partial charge in [-0.1, -0.05) is 35.9 Å². The maximum atomic E-state index is 11.6. The van der Waals surface area contributed by atoms with Gasteiger partial charge in [0.05, 0.1) is 21.1 Å². The van der Waals surface area contributed by atoms with Crippen molar-refractivity contribution in [3.05, 3.63) is 64.1 Å².